The van der Waals surface area contributed by atoms with E-state index in [0.717, 1.165) is 28.3 Å². The highest BCUT2D eigenvalue weighted by atomic mass is 32.1. The van der Waals surface area contributed by atoms with Crippen molar-refractivity contribution in [3.05, 3.63) is 75.5 Å². The summed E-state index contributed by atoms with van der Waals surface area (Å²) in [7, 11) is 0. The number of rotatable bonds is 6. The Morgan fingerprint density at radius 3 is 2.90 bits per heavy atom. The summed E-state index contributed by atoms with van der Waals surface area (Å²) in [5.74, 6) is 0.723. The normalized spacial score (nSPS) is 15.4. The van der Waals surface area contributed by atoms with Crippen LogP contribution in [0.25, 0.3) is 0 Å². The number of ether oxygens (including phenoxy) is 1. The third-order valence-electron chi connectivity index (χ3n) is 4.85. The van der Waals surface area contributed by atoms with Crippen molar-refractivity contribution in [3.63, 3.8) is 0 Å². The summed E-state index contributed by atoms with van der Waals surface area (Å²) in [5.41, 5.74) is 10.0. The summed E-state index contributed by atoms with van der Waals surface area (Å²) in [5, 5.41) is 7.11. The van der Waals surface area contributed by atoms with Gasteiger partial charge in [-0.2, -0.15) is 0 Å². The fourth-order valence-electron chi connectivity index (χ4n) is 3.39. The van der Waals surface area contributed by atoms with E-state index in [-0.39, 0.29) is 12.0 Å². The molecule has 1 aliphatic heterocycles. The Bertz CT molecular complexity index is 1110. The van der Waals surface area contributed by atoms with Gasteiger partial charge in [-0.25, -0.2) is 0 Å². The number of fused-ring (bicyclic) bond motifs is 1. The number of carbonyl (C=O) groups is 1. The SMILES string of the molecule is CC(=NOCc1ccc(C(=O)Nc2ccccc2N)s1)c1cccc2c1CC(C)O2. The second kappa shape index (κ2) is 8.59. The summed E-state index contributed by atoms with van der Waals surface area (Å²) < 4.78 is 5.81. The fraction of sp³-hybridized carbons (Fsp3) is 0.217. The van der Waals surface area contributed by atoms with Crippen LogP contribution in [0.2, 0.25) is 0 Å². The highest BCUT2D eigenvalue weighted by Crippen LogP contribution is 2.31. The molecule has 1 unspecified atom stereocenters. The average Bonchev–Trinajstić information content (AvgIpc) is 3.35. The van der Waals surface area contributed by atoms with E-state index in [9.17, 15) is 4.79 Å². The number of nitrogens with two attached hydrogens (primary N) is 1. The molecule has 4 rings (SSSR count). The van der Waals surface area contributed by atoms with Gasteiger partial charge < -0.3 is 20.6 Å². The molecule has 0 aliphatic carbocycles. The Hall–Kier alpha value is -3.32. The molecule has 0 radical (unpaired) electrons. The quantitative estimate of drug-likeness (QED) is 0.339. The van der Waals surface area contributed by atoms with Crippen LogP contribution in [0.4, 0.5) is 11.4 Å². The predicted molar refractivity (Wildman–Crippen MR) is 120 cm³/mol. The van der Waals surface area contributed by atoms with Crippen molar-refractivity contribution >= 4 is 34.3 Å². The van der Waals surface area contributed by atoms with E-state index in [0.29, 0.717) is 22.9 Å². The van der Waals surface area contributed by atoms with Crippen molar-refractivity contribution in [1.29, 1.82) is 0 Å². The van der Waals surface area contributed by atoms with Gasteiger partial charge in [0.05, 0.1) is 22.0 Å². The molecule has 3 N–H and O–H groups in total. The zero-order valence-electron chi connectivity index (χ0n) is 16.8. The molecule has 1 aliphatic rings. The minimum absolute atomic E-state index is 0.178. The second-order valence-corrected chi connectivity index (χ2v) is 8.34. The largest absolute Gasteiger partial charge is 0.490 e. The number of hydrogen-bond donors (Lipinski definition) is 2. The van der Waals surface area contributed by atoms with Gasteiger partial charge in [-0.3, -0.25) is 4.79 Å². The Balaban J connectivity index is 1.38. The van der Waals surface area contributed by atoms with Gasteiger partial charge in [0.2, 0.25) is 0 Å². The van der Waals surface area contributed by atoms with Gasteiger partial charge in [0.25, 0.3) is 5.91 Å². The lowest BCUT2D eigenvalue weighted by Gasteiger charge is -2.06. The van der Waals surface area contributed by atoms with Gasteiger partial charge in [-0.05, 0) is 44.2 Å². The van der Waals surface area contributed by atoms with E-state index in [1.807, 2.05) is 43.3 Å². The Morgan fingerprint density at radius 2 is 2.07 bits per heavy atom. The maximum Gasteiger partial charge on any atom is 0.265 e. The summed E-state index contributed by atoms with van der Waals surface area (Å²) in [4.78, 5) is 19.5. The molecule has 0 spiro atoms. The number of carbonyl (C=O) groups excluding carboxylic acids is 1. The summed E-state index contributed by atoms with van der Waals surface area (Å²) in [6, 6.07) is 16.8. The number of amides is 1. The topological polar surface area (TPSA) is 85.9 Å². The minimum atomic E-state index is -0.196. The molecule has 2 heterocycles. The zero-order chi connectivity index (χ0) is 21.1. The molecule has 0 fully saturated rings. The molecule has 7 heteroatoms. The maximum absolute atomic E-state index is 12.4. The van der Waals surface area contributed by atoms with E-state index < -0.39 is 0 Å². The fourth-order valence-corrected chi connectivity index (χ4v) is 4.20. The lowest BCUT2D eigenvalue weighted by molar-refractivity contribution is 0.103. The van der Waals surface area contributed by atoms with Crippen LogP contribution in [0.1, 0.15) is 39.5 Å². The summed E-state index contributed by atoms with van der Waals surface area (Å²) >= 11 is 1.37. The number of benzene rings is 2. The minimum Gasteiger partial charge on any atom is -0.490 e. The van der Waals surface area contributed by atoms with Crippen LogP contribution < -0.4 is 15.8 Å². The number of anilines is 2. The summed E-state index contributed by atoms with van der Waals surface area (Å²) in [6.07, 6.45) is 1.05. The van der Waals surface area contributed by atoms with Crippen molar-refractivity contribution in [2.24, 2.45) is 5.16 Å². The van der Waals surface area contributed by atoms with Crippen molar-refractivity contribution in [2.75, 3.05) is 11.1 Å². The zero-order valence-corrected chi connectivity index (χ0v) is 17.7. The van der Waals surface area contributed by atoms with Crippen LogP contribution in [0.5, 0.6) is 5.75 Å². The number of nitrogens with one attached hydrogen (secondary N) is 1. The van der Waals surface area contributed by atoms with Crippen LogP contribution in [0, 0.1) is 0 Å². The Labute approximate surface area is 179 Å². The predicted octanol–water partition coefficient (Wildman–Crippen LogP) is 4.85. The van der Waals surface area contributed by atoms with Crippen molar-refractivity contribution in [2.45, 2.75) is 33.0 Å². The van der Waals surface area contributed by atoms with Crippen LogP contribution in [-0.4, -0.2) is 17.7 Å². The van der Waals surface area contributed by atoms with Gasteiger partial charge in [-0.1, -0.05) is 29.4 Å². The first-order valence-electron chi connectivity index (χ1n) is 9.71. The van der Waals surface area contributed by atoms with Gasteiger partial charge in [-0.15, -0.1) is 11.3 Å². The van der Waals surface area contributed by atoms with Crippen LogP contribution in [0.15, 0.2) is 59.8 Å². The van der Waals surface area contributed by atoms with E-state index in [2.05, 4.69) is 17.4 Å². The van der Waals surface area contributed by atoms with E-state index in [1.165, 1.54) is 16.9 Å². The smallest absolute Gasteiger partial charge is 0.265 e. The standard InChI is InChI=1S/C23H23N3O3S/c1-14-12-18-17(6-5-9-21(18)29-14)15(2)26-28-13-16-10-11-22(30-16)23(27)25-20-8-4-3-7-19(20)24/h3-11,14H,12-13,24H2,1-2H3,(H,25,27). The average molecular weight is 422 g/mol. The Kier molecular flexibility index (Phi) is 5.72. The lowest BCUT2D eigenvalue weighted by atomic mass is 10.0. The van der Waals surface area contributed by atoms with Crippen LogP contribution >= 0.6 is 11.3 Å². The molecule has 0 saturated carbocycles. The Morgan fingerprint density at radius 1 is 1.23 bits per heavy atom. The molecule has 0 saturated heterocycles. The number of hydrogen-bond acceptors (Lipinski definition) is 6. The van der Waals surface area contributed by atoms with Gasteiger partial charge in [0.15, 0.2) is 6.61 Å². The number of nitrogens with zero attached hydrogens (tertiary/aromatic N) is 1. The number of nitrogen functional groups attached to an aromatic ring is 1. The highest BCUT2D eigenvalue weighted by molar-refractivity contribution is 7.14. The molecule has 154 valence electrons. The molecule has 3 aromatic rings. The molecule has 1 aromatic heterocycles. The van der Waals surface area contributed by atoms with Crippen LogP contribution in [0.3, 0.4) is 0 Å². The first-order chi connectivity index (χ1) is 14.5. The summed E-state index contributed by atoms with van der Waals surface area (Å²) in [6.45, 7) is 4.28. The number of oxime groups is 1. The molecule has 0 bridgehead atoms. The number of para-hydroxylation sites is 2. The molecular formula is C23H23N3O3S. The van der Waals surface area contributed by atoms with Crippen molar-refractivity contribution < 1.29 is 14.4 Å². The van der Waals surface area contributed by atoms with Gasteiger partial charge in [0.1, 0.15) is 11.9 Å². The molecule has 1 amide bonds. The van der Waals surface area contributed by atoms with Gasteiger partial charge in [0, 0.05) is 22.4 Å². The number of thiophene rings is 1. The monoisotopic (exact) mass is 421 g/mol. The first-order valence-corrected chi connectivity index (χ1v) is 10.5. The van der Waals surface area contributed by atoms with Crippen molar-refractivity contribution in [1.82, 2.24) is 0 Å². The first kappa shape index (κ1) is 20.0. The van der Waals surface area contributed by atoms with Crippen LogP contribution in [-0.2, 0) is 17.9 Å². The van der Waals surface area contributed by atoms with Crippen molar-refractivity contribution in [3.8, 4) is 5.75 Å². The molecular weight excluding hydrogens is 398 g/mol. The molecule has 1 atom stereocenters. The third kappa shape index (κ3) is 4.31. The highest BCUT2D eigenvalue weighted by Gasteiger charge is 2.22. The molecule has 6 nitrogen and oxygen atoms in total. The van der Waals surface area contributed by atoms with E-state index in [1.54, 1.807) is 18.2 Å². The molecule has 2 aromatic carbocycles. The van der Waals surface area contributed by atoms with E-state index in [4.69, 9.17) is 15.3 Å². The lowest BCUT2D eigenvalue weighted by Crippen LogP contribution is -2.11. The molecule has 30 heavy (non-hydrogen) atoms. The third-order valence-corrected chi connectivity index (χ3v) is 5.90. The van der Waals surface area contributed by atoms with E-state index >= 15 is 0 Å². The maximum atomic E-state index is 12.4. The van der Waals surface area contributed by atoms with Gasteiger partial charge >= 0.3 is 0 Å². The second-order valence-electron chi connectivity index (χ2n) is 7.17.